The molecule has 6 nitrogen and oxygen atoms in total. The first-order valence-electron chi connectivity index (χ1n) is 10.2. The molecule has 1 aromatic carbocycles. The van der Waals surface area contributed by atoms with Gasteiger partial charge in [-0.25, -0.2) is 0 Å². The highest BCUT2D eigenvalue weighted by atomic mass is 32.1. The topological polar surface area (TPSA) is 55.9 Å². The van der Waals surface area contributed by atoms with Crippen LogP contribution in [0.2, 0.25) is 0 Å². The van der Waals surface area contributed by atoms with Crippen LogP contribution < -0.4 is 10.2 Å². The molecule has 2 rings (SSSR count). The highest BCUT2D eigenvalue weighted by Gasteiger charge is 2.19. The SMILES string of the molecule is CC(C)CC(=O)Nc1ccc(N(C)C)c(CN(CCN(C)C)C(=O)c2cccs2)c1. The van der Waals surface area contributed by atoms with Gasteiger partial charge in [-0.15, -0.1) is 11.3 Å². The Morgan fingerprint density at radius 1 is 1.07 bits per heavy atom. The molecule has 0 bridgehead atoms. The van der Waals surface area contributed by atoms with E-state index < -0.39 is 0 Å². The number of carbonyl (C=O) groups excluding carboxylic acids is 2. The molecule has 0 saturated heterocycles. The van der Waals surface area contributed by atoms with Crippen LogP contribution in [0.15, 0.2) is 35.7 Å². The molecule has 0 atom stereocenters. The third-order valence-electron chi connectivity index (χ3n) is 4.64. The lowest BCUT2D eigenvalue weighted by Gasteiger charge is -2.27. The molecule has 0 radical (unpaired) electrons. The van der Waals surface area contributed by atoms with Gasteiger partial charge in [0.05, 0.1) is 4.88 Å². The molecule has 0 spiro atoms. The molecule has 0 unspecified atom stereocenters. The molecule has 164 valence electrons. The van der Waals surface area contributed by atoms with Crippen LogP contribution in [0.1, 0.15) is 35.5 Å². The summed E-state index contributed by atoms with van der Waals surface area (Å²) >= 11 is 1.46. The summed E-state index contributed by atoms with van der Waals surface area (Å²) in [6, 6.07) is 9.67. The van der Waals surface area contributed by atoms with Crippen LogP contribution in [0.5, 0.6) is 0 Å². The number of amides is 2. The smallest absolute Gasteiger partial charge is 0.264 e. The number of benzene rings is 1. The first kappa shape index (κ1) is 23.9. The van der Waals surface area contributed by atoms with Crippen molar-refractivity contribution in [1.82, 2.24) is 9.80 Å². The minimum absolute atomic E-state index is 0.00711. The molecule has 7 heteroatoms. The Balaban J connectivity index is 2.30. The van der Waals surface area contributed by atoms with Gasteiger partial charge in [0.1, 0.15) is 0 Å². The second kappa shape index (κ2) is 11.1. The number of thiophene rings is 1. The summed E-state index contributed by atoms with van der Waals surface area (Å²) in [5, 5.41) is 4.92. The average Bonchev–Trinajstić information content (AvgIpc) is 3.18. The fourth-order valence-electron chi connectivity index (χ4n) is 3.14. The maximum atomic E-state index is 13.1. The maximum Gasteiger partial charge on any atom is 0.264 e. The summed E-state index contributed by atoms with van der Waals surface area (Å²) in [6.45, 7) is 5.93. The first-order valence-corrected chi connectivity index (χ1v) is 11.1. The first-order chi connectivity index (χ1) is 14.2. The number of rotatable bonds is 10. The van der Waals surface area contributed by atoms with E-state index in [1.165, 1.54) is 11.3 Å². The van der Waals surface area contributed by atoms with Gasteiger partial charge in [0, 0.05) is 51.5 Å². The zero-order valence-corrected chi connectivity index (χ0v) is 19.8. The number of hydrogen-bond acceptors (Lipinski definition) is 5. The molecule has 2 aromatic rings. The Kier molecular flexibility index (Phi) is 8.87. The zero-order chi connectivity index (χ0) is 22.3. The van der Waals surface area contributed by atoms with Crippen molar-refractivity contribution >= 4 is 34.5 Å². The van der Waals surface area contributed by atoms with Crippen molar-refractivity contribution in [3.8, 4) is 0 Å². The van der Waals surface area contributed by atoms with Gasteiger partial charge >= 0.3 is 0 Å². The van der Waals surface area contributed by atoms with Gasteiger partial charge < -0.3 is 20.0 Å². The Morgan fingerprint density at radius 2 is 1.80 bits per heavy atom. The van der Waals surface area contributed by atoms with Gasteiger partial charge in [-0.1, -0.05) is 19.9 Å². The third kappa shape index (κ3) is 7.15. The molecule has 0 aliphatic rings. The Hall–Kier alpha value is -2.38. The van der Waals surface area contributed by atoms with Crippen LogP contribution in [0.25, 0.3) is 0 Å². The largest absolute Gasteiger partial charge is 0.377 e. The summed E-state index contributed by atoms with van der Waals surface area (Å²) in [5.74, 6) is 0.342. The fourth-order valence-corrected chi connectivity index (χ4v) is 3.83. The van der Waals surface area contributed by atoms with Crippen LogP contribution in [0.4, 0.5) is 11.4 Å². The molecule has 0 aliphatic carbocycles. The number of nitrogens with zero attached hydrogens (tertiary/aromatic N) is 3. The second-order valence-corrected chi connectivity index (χ2v) is 9.34. The molecule has 1 heterocycles. The summed E-state index contributed by atoms with van der Waals surface area (Å²) < 4.78 is 0. The van der Waals surface area contributed by atoms with Crippen LogP contribution in [-0.4, -0.2) is 62.9 Å². The van der Waals surface area contributed by atoms with Crippen molar-refractivity contribution in [2.45, 2.75) is 26.8 Å². The van der Waals surface area contributed by atoms with E-state index in [0.717, 1.165) is 28.4 Å². The van der Waals surface area contributed by atoms with Crippen molar-refractivity contribution in [1.29, 1.82) is 0 Å². The Morgan fingerprint density at radius 3 is 2.37 bits per heavy atom. The monoisotopic (exact) mass is 430 g/mol. The number of likely N-dealkylation sites (N-methyl/N-ethyl adjacent to an activating group) is 1. The predicted octanol–water partition coefficient (Wildman–Crippen LogP) is 4.00. The second-order valence-electron chi connectivity index (χ2n) is 8.39. The van der Waals surface area contributed by atoms with Crippen molar-refractivity contribution in [3.05, 3.63) is 46.2 Å². The quantitative estimate of drug-likeness (QED) is 0.619. The average molecular weight is 431 g/mol. The summed E-state index contributed by atoms with van der Waals surface area (Å²) in [6.07, 6.45) is 0.483. The van der Waals surface area contributed by atoms with Crippen molar-refractivity contribution in [2.75, 3.05) is 51.5 Å². The standard InChI is InChI=1S/C23H34N4O2S/c1-17(2)14-22(28)24-19-9-10-20(26(5)6)18(15-19)16-27(12-11-25(3)4)23(29)21-8-7-13-30-21/h7-10,13,15,17H,11-12,14,16H2,1-6H3,(H,24,28). The normalized spacial score (nSPS) is 11.1. The molecule has 0 aliphatic heterocycles. The lowest BCUT2D eigenvalue weighted by Crippen LogP contribution is -2.36. The van der Waals surface area contributed by atoms with Crippen LogP contribution in [0, 0.1) is 5.92 Å². The minimum Gasteiger partial charge on any atom is -0.377 e. The van der Waals surface area contributed by atoms with E-state index in [2.05, 4.69) is 10.2 Å². The number of anilines is 2. The number of carbonyl (C=O) groups is 2. The number of hydrogen-bond donors (Lipinski definition) is 1. The van der Waals surface area contributed by atoms with E-state index in [1.54, 1.807) is 0 Å². The van der Waals surface area contributed by atoms with Gasteiger partial charge in [0.25, 0.3) is 5.91 Å². The van der Waals surface area contributed by atoms with Crippen LogP contribution in [-0.2, 0) is 11.3 Å². The lowest BCUT2D eigenvalue weighted by atomic mass is 10.1. The molecular weight excluding hydrogens is 396 g/mol. The molecule has 2 amide bonds. The van der Waals surface area contributed by atoms with Crippen molar-refractivity contribution in [2.24, 2.45) is 5.92 Å². The van der Waals surface area contributed by atoms with E-state index in [0.29, 0.717) is 25.4 Å². The van der Waals surface area contributed by atoms with E-state index in [-0.39, 0.29) is 11.8 Å². The molecule has 1 N–H and O–H groups in total. The predicted molar refractivity (Wildman–Crippen MR) is 126 cm³/mol. The molecular formula is C23H34N4O2S. The third-order valence-corrected chi connectivity index (χ3v) is 5.49. The van der Waals surface area contributed by atoms with Gasteiger partial charge in [-0.3, -0.25) is 9.59 Å². The zero-order valence-electron chi connectivity index (χ0n) is 18.9. The van der Waals surface area contributed by atoms with Crippen LogP contribution in [0.3, 0.4) is 0 Å². The van der Waals surface area contributed by atoms with E-state index >= 15 is 0 Å². The molecule has 30 heavy (non-hydrogen) atoms. The summed E-state index contributed by atoms with van der Waals surface area (Å²) in [5.41, 5.74) is 2.80. The van der Waals surface area contributed by atoms with Crippen molar-refractivity contribution in [3.63, 3.8) is 0 Å². The highest BCUT2D eigenvalue weighted by Crippen LogP contribution is 2.26. The van der Waals surface area contributed by atoms with Gasteiger partial charge in [0.15, 0.2) is 0 Å². The maximum absolute atomic E-state index is 13.1. The van der Waals surface area contributed by atoms with Gasteiger partial charge in [-0.2, -0.15) is 0 Å². The fraction of sp³-hybridized carbons (Fsp3) is 0.478. The Labute approximate surface area is 184 Å². The van der Waals surface area contributed by atoms with E-state index in [1.807, 2.05) is 87.5 Å². The molecule has 0 fully saturated rings. The molecule has 1 aromatic heterocycles. The van der Waals surface area contributed by atoms with E-state index in [4.69, 9.17) is 0 Å². The number of nitrogens with one attached hydrogen (secondary N) is 1. The van der Waals surface area contributed by atoms with E-state index in [9.17, 15) is 9.59 Å². The van der Waals surface area contributed by atoms with Gasteiger partial charge in [-0.05, 0) is 55.2 Å². The Bertz CT molecular complexity index is 832. The molecule has 0 saturated carbocycles. The lowest BCUT2D eigenvalue weighted by molar-refractivity contribution is -0.116. The van der Waals surface area contributed by atoms with Crippen molar-refractivity contribution < 1.29 is 9.59 Å². The summed E-state index contributed by atoms with van der Waals surface area (Å²) in [7, 11) is 7.98. The van der Waals surface area contributed by atoms with Crippen LogP contribution >= 0.6 is 11.3 Å². The van der Waals surface area contributed by atoms with Gasteiger partial charge in [0.2, 0.25) is 5.91 Å². The summed E-state index contributed by atoms with van der Waals surface area (Å²) in [4.78, 5) is 32.1. The highest BCUT2D eigenvalue weighted by molar-refractivity contribution is 7.12. The minimum atomic E-state index is 0.00711.